The van der Waals surface area contributed by atoms with Crippen LogP contribution in [0.5, 0.6) is 0 Å². The maximum Gasteiger partial charge on any atom is 0.350 e. The molecule has 1 aliphatic rings. The molecule has 0 aromatic carbocycles. The number of aliphatic carboxylic acids is 1. The lowest BCUT2D eigenvalue weighted by atomic mass is 9.95. The Morgan fingerprint density at radius 2 is 2.04 bits per heavy atom. The van der Waals surface area contributed by atoms with E-state index in [0.29, 0.717) is 18.5 Å². The third-order valence-corrected chi connectivity index (χ3v) is 4.46. The maximum atomic E-state index is 12.3. The highest BCUT2D eigenvalue weighted by atomic mass is 16.4. The van der Waals surface area contributed by atoms with Crippen molar-refractivity contribution in [3.63, 3.8) is 0 Å². The second-order valence-electron chi connectivity index (χ2n) is 6.13. The molecular formula is C16H20N4O4. The Labute approximate surface area is 138 Å². The van der Waals surface area contributed by atoms with Gasteiger partial charge in [-0.15, -0.1) is 5.10 Å². The molecule has 0 aliphatic heterocycles. The number of carbonyl (C=O) groups is 2. The zero-order valence-corrected chi connectivity index (χ0v) is 13.2. The number of hydrogen-bond acceptors (Lipinski definition) is 4. The minimum atomic E-state index is -0.882. The molecule has 0 spiro atoms. The molecule has 1 amide bonds. The summed E-state index contributed by atoms with van der Waals surface area (Å²) >= 11 is 0. The lowest BCUT2D eigenvalue weighted by molar-refractivity contribution is -0.143. The number of pyridine rings is 1. The number of nitrogens with zero attached hydrogens (tertiary/aromatic N) is 3. The highest BCUT2D eigenvalue weighted by Crippen LogP contribution is 2.23. The molecule has 128 valence electrons. The van der Waals surface area contributed by atoms with Crippen molar-refractivity contribution in [2.45, 2.75) is 44.7 Å². The van der Waals surface area contributed by atoms with Crippen molar-refractivity contribution in [3.8, 4) is 0 Å². The quantitative estimate of drug-likeness (QED) is 0.800. The second kappa shape index (κ2) is 6.86. The van der Waals surface area contributed by atoms with Gasteiger partial charge < -0.3 is 10.4 Å². The summed E-state index contributed by atoms with van der Waals surface area (Å²) in [5.74, 6) is -1.85. The highest BCUT2D eigenvalue weighted by molar-refractivity contribution is 5.78. The lowest BCUT2D eigenvalue weighted by Crippen LogP contribution is -2.45. The van der Waals surface area contributed by atoms with Crippen molar-refractivity contribution in [1.29, 1.82) is 0 Å². The number of carboxylic acids is 1. The number of rotatable bonds is 4. The third kappa shape index (κ3) is 3.32. The normalized spacial score (nSPS) is 21.3. The van der Waals surface area contributed by atoms with Gasteiger partial charge in [-0.1, -0.05) is 25.3 Å². The van der Waals surface area contributed by atoms with E-state index in [1.807, 2.05) is 0 Å². The monoisotopic (exact) mass is 332 g/mol. The summed E-state index contributed by atoms with van der Waals surface area (Å²) in [5, 5.41) is 16.2. The van der Waals surface area contributed by atoms with Gasteiger partial charge in [0.1, 0.15) is 6.54 Å². The summed E-state index contributed by atoms with van der Waals surface area (Å²) in [5.41, 5.74) is 0.0737. The topological polar surface area (TPSA) is 106 Å². The average Bonchev–Trinajstić information content (AvgIpc) is 2.73. The zero-order chi connectivity index (χ0) is 17.1. The van der Waals surface area contributed by atoms with Crippen LogP contribution in [0, 0.1) is 5.92 Å². The fourth-order valence-corrected chi connectivity index (χ4v) is 3.24. The van der Waals surface area contributed by atoms with Crippen molar-refractivity contribution in [1.82, 2.24) is 19.5 Å². The Bertz CT molecular complexity index is 810. The smallest absolute Gasteiger partial charge is 0.350 e. The van der Waals surface area contributed by atoms with Gasteiger partial charge in [-0.05, 0) is 25.0 Å². The molecule has 0 unspecified atom stereocenters. The predicted octanol–water partition coefficient (Wildman–Crippen LogP) is 0.646. The van der Waals surface area contributed by atoms with E-state index in [1.165, 1.54) is 4.40 Å². The maximum absolute atomic E-state index is 12.3. The number of amides is 1. The molecule has 24 heavy (non-hydrogen) atoms. The van der Waals surface area contributed by atoms with Crippen molar-refractivity contribution < 1.29 is 14.7 Å². The van der Waals surface area contributed by atoms with Gasteiger partial charge in [0.2, 0.25) is 5.91 Å². The van der Waals surface area contributed by atoms with Gasteiger partial charge in [0.05, 0.1) is 5.92 Å². The average molecular weight is 332 g/mol. The van der Waals surface area contributed by atoms with Crippen molar-refractivity contribution in [3.05, 3.63) is 34.9 Å². The molecule has 0 radical (unpaired) electrons. The molecule has 1 fully saturated rings. The Morgan fingerprint density at radius 1 is 1.25 bits per heavy atom. The number of hydrogen-bond donors (Lipinski definition) is 2. The predicted molar refractivity (Wildman–Crippen MR) is 85.6 cm³/mol. The Morgan fingerprint density at radius 3 is 2.79 bits per heavy atom. The van der Waals surface area contributed by atoms with Crippen LogP contribution in [0.2, 0.25) is 0 Å². The highest BCUT2D eigenvalue weighted by Gasteiger charge is 2.30. The second-order valence-corrected chi connectivity index (χ2v) is 6.13. The van der Waals surface area contributed by atoms with Gasteiger partial charge >= 0.3 is 11.7 Å². The minimum absolute atomic E-state index is 0.219. The van der Waals surface area contributed by atoms with Crippen LogP contribution in [0.3, 0.4) is 0 Å². The van der Waals surface area contributed by atoms with E-state index in [1.54, 1.807) is 24.4 Å². The number of carbonyl (C=O) groups excluding carboxylic acids is 1. The molecule has 1 saturated carbocycles. The van der Waals surface area contributed by atoms with Gasteiger partial charge in [0, 0.05) is 12.2 Å². The first kappa shape index (κ1) is 16.2. The molecule has 1 aliphatic carbocycles. The number of fused-ring (bicyclic) bond motifs is 1. The van der Waals surface area contributed by atoms with Crippen LogP contribution in [0.15, 0.2) is 29.2 Å². The summed E-state index contributed by atoms with van der Waals surface area (Å²) in [6.07, 6.45) is 5.52. The van der Waals surface area contributed by atoms with Crippen LogP contribution in [0.1, 0.15) is 32.1 Å². The summed E-state index contributed by atoms with van der Waals surface area (Å²) in [7, 11) is 0. The molecule has 3 rings (SSSR count). The fourth-order valence-electron chi connectivity index (χ4n) is 3.24. The number of carboxylic acid groups (broad SMARTS) is 1. The lowest BCUT2D eigenvalue weighted by Gasteiger charge is -2.22. The Balaban J connectivity index is 1.73. The molecule has 8 nitrogen and oxygen atoms in total. The van der Waals surface area contributed by atoms with E-state index < -0.39 is 29.5 Å². The summed E-state index contributed by atoms with van der Waals surface area (Å²) < 4.78 is 2.45. The Hall–Kier alpha value is -2.64. The first-order chi connectivity index (χ1) is 11.6. The van der Waals surface area contributed by atoms with E-state index >= 15 is 0 Å². The van der Waals surface area contributed by atoms with Crippen LogP contribution in [-0.2, 0) is 16.1 Å². The number of nitrogens with one attached hydrogen (secondary N) is 1. The molecule has 2 aromatic rings. The molecule has 0 saturated heterocycles. The molecule has 2 atom stereocenters. The molecule has 8 heteroatoms. The van der Waals surface area contributed by atoms with Crippen LogP contribution >= 0.6 is 0 Å². The molecule has 2 aromatic heterocycles. The summed E-state index contributed by atoms with van der Waals surface area (Å²) in [6.45, 7) is -0.219. The summed E-state index contributed by atoms with van der Waals surface area (Å²) in [6, 6.07) is 4.76. The molecule has 2 heterocycles. The van der Waals surface area contributed by atoms with Gasteiger partial charge in [0.25, 0.3) is 0 Å². The molecular weight excluding hydrogens is 312 g/mol. The Kier molecular flexibility index (Phi) is 4.64. The number of aromatic nitrogens is 3. The van der Waals surface area contributed by atoms with Gasteiger partial charge in [-0.2, -0.15) is 0 Å². The largest absolute Gasteiger partial charge is 0.481 e. The van der Waals surface area contributed by atoms with E-state index in [2.05, 4.69) is 10.4 Å². The molecule has 0 bridgehead atoms. The summed E-state index contributed by atoms with van der Waals surface area (Å²) in [4.78, 5) is 35.9. The van der Waals surface area contributed by atoms with Crippen LogP contribution < -0.4 is 11.0 Å². The standard InChI is InChI=1S/C16H20N4O4/c21-14(17-12-7-3-1-2-6-11(12)15(22)23)10-20-16(24)19-9-5-4-8-13(19)18-20/h4-5,8-9,11-12H,1-3,6-7,10H2,(H,17,21)(H,22,23)/t11-,12+/m1/s1. The van der Waals surface area contributed by atoms with Crippen molar-refractivity contribution in [2.24, 2.45) is 5.92 Å². The van der Waals surface area contributed by atoms with E-state index in [0.717, 1.165) is 23.9 Å². The van der Waals surface area contributed by atoms with Gasteiger partial charge in [-0.3, -0.25) is 14.0 Å². The first-order valence-electron chi connectivity index (χ1n) is 8.12. The third-order valence-electron chi connectivity index (χ3n) is 4.46. The SMILES string of the molecule is O=C(Cn1nc2ccccn2c1=O)N[C@H]1CCCCC[C@H]1C(=O)O. The minimum Gasteiger partial charge on any atom is -0.481 e. The van der Waals surface area contributed by atoms with Crippen LogP contribution in [-0.4, -0.2) is 37.2 Å². The zero-order valence-electron chi connectivity index (χ0n) is 13.2. The van der Waals surface area contributed by atoms with E-state index in [-0.39, 0.29) is 6.54 Å². The van der Waals surface area contributed by atoms with Crippen molar-refractivity contribution in [2.75, 3.05) is 0 Å². The van der Waals surface area contributed by atoms with E-state index in [4.69, 9.17) is 0 Å². The van der Waals surface area contributed by atoms with Crippen LogP contribution in [0.4, 0.5) is 0 Å². The fraction of sp³-hybridized carbons (Fsp3) is 0.500. The van der Waals surface area contributed by atoms with Gasteiger partial charge in [0.15, 0.2) is 5.65 Å². The van der Waals surface area contributed by atoms with E-state index in [9.17, 15) is 19.5 Å². The molecule has 2 N–H and O–H groups in total. The van der Waals surface area contributed by atoms with Gasteiger partial charge in [-0.25, -0.2) is 9.48 Å². The van der Waals surface area contributed by atoms with Crippen LogP contribution in [0.25, 0.3) is 5.65 Å². The van der Waals surface area contributed by atoms with Crippen molar-refractivity contribution >= 4 is 17.5 Å². The first-order valence-corrected chi connectivity index (χ1v) is 8.12.